The predicted molar refractivity (Wildman–Crippen MR) is 99.1 cm³/mol. The van der Waals surface area contributed by atoms with Crippen LogP contribution in [0.2, 0.25) is 0 Å². The highest BCUT2D eigenvalue weighted by molar-refractivity contribution is 7.98. The van der Waals surface area contributed by atoms with Gasteiger partial charge in [0.1, 0.15) is 0 Å². The van der Waals surface area contributed by atoms with Crippen molar-refractivity contribution in [2.75, 3.05) is 6.26 Å². The Balaban J connectivity index is 1.95. The summed E-state index contributed by atoms with van der Waals surface area (Å²) in [5.41, 5.74) is 6.95. The Hall–Kier alpha value is -3.06. The Morgan fingerprint density at radius 1 is 1.08 bits per heavy atom. The molecular formula is C19H17N3O3S. The molecule has 0 saturated carbocycles. The summed E-state index contributed by atoms with van der Waals surface area (Å²) in [7, 11) is 0. The van der Waals surface area contributed by atoms with Crippen molar-refractivity contribution in [3.63, 3.8) is 0 Å². The van der Waals surface area contributed by atoms with E-state index in [2.05, 4.69) is 4.98 Å². The van der Waals surface area contributed by atoms with Gasteiger partial charge in [-0.2, -0.15) is 0 Å². The first kappa shape index (κ1) is 17.8. The summed E-state index contributed by atoms with van der Waals surface area (Å²) in [5, 5.41) is 0.637. The molecule has 0 aliphatic heterocycles. The van der Waals surface area contributed by atoms with Crippen LogP contribution in [-0.2, 0) is 9.53 Å². The van der Waals surface area contributed by atoms with Crippen LogP contribution in [0.5, 0.6) is 0 Å². The van der Waals surface area contributed by atoms with E-state index in [1.807, 2.05) is 36.6 Å². The molecule has 0 aliphatic carbocycles. The van der Waals surface area contributed by atoms with Crippen molar-refractivity contribution in [3.8, 4) is 5.69 Å². The lowest BCUT2D eigenvalue weighted by Crippen LogP contribution is -2.27. The van der Waals surface area contributed by atoms with Crippen molar-refractivity contribution >= 4 is 23.6 Å². The summed E-state index contributed by atoms with van der Waals surface area (Å²) in [6.45, 7) is 0. The summed E-state index contributed by atoms with van der Waals surface area (Å²) < 4.78 is 7.11. The number of imidazole rings is 1. The first-order valence-corrected chi connectivity index (χ1v) is 9.06. The molecule has 2 N–H and O–H groups in total. The van der Waals surface area contributed by atoms with Gasteiger partial charge in [-0.15, -0.1) is 0 Å². The van der Waals surface area contributed by atoms with E-state index < -0.39 is 18.0 Å². The fourth-order valence-corrected chi connectivity index (χ4v) is 3.08. The number of amides is 1. The molecule has 0 spiro atoms. The number of aromatic nitrogens is 2. The number of rotatable bonds is 6. The Morgan fingerprint density at radius 2 is 1.69 bits per heavy atom. The summed E-state index contributed by atoms with van der Waals surface area (Å²) in [6, 6.07) is 18.0. The number of ether oxygens (including phenoxy) is 1. The number of nitrogens with two attached hydrogens (primary N) is 1. The molecule has 2 aromatic carbocycles. The van der Waals surface area contributed by atoms with Crippen molar-refractivity contribution < 1.29 is 14.3 Å². The SMILES string of the molecule is CSc1ncc(C(=O)OC(C(N)=O)c2ccccc2)n1-c1ccccc1. The van der Waals surface area contributed by atoms with Crippen LogP contribution in [0.3, 0.4) is 0 Å². The van der Waals surface area contributed by atoms with Gasteiger partial charge in [-0.05, 0) is 18.4 Å². The number of para-hydroxylation sites is 1. The van der Waals surface area contributed by atoms with E-state index in [0.717, 1.165) is 5.69 Å². The minimum absolute atomic E-state index is 0.225. The molecule has 1 atom stereocenters. The monoisotopic (exact) mass is 367 g/mol. The van der Waals surface area contributed by atoms with Crippen LogP contribution < -0.4 is 5.73 Å². The fraction of sp³-hybridized carbons (Fsp3) is 0.105. The Labute approximate surface area is 155 Å². The number of thioether (sulfide) groups is 1. The van der Waals surface area contributed by atoms with Crippen molar-refractivity contribution in [2.45, 2.75) is 11.3 Å². The van der Waals surface area contributed by atoms with Crippen LogP contribution in [0.4, 0.5) is 0 Å². The van der Waals surface area contributed by atoms with Gasteiger partial charge in [0.15, 0.2) is 10.9 Å². The number of esters is 1. The van der Waals surface area contributed by atoms with E-state index >= 15 is 0 Å². The summed E-state index contributed by atoms with van der Waals surface area (Å²) in [4.78, 5) is 28.8. The molecule has 0 aliphatic rings. The third-order valence-corrected chi connectivity index (χ3v) is 4.37. The maximum Gasteiger partial charge on any atom is 0.358 e. The molecule has 0 fully saturated rings. The zero-order valence-electron chi connectivity index (χ0n) is 14.0. The van der Waals surface area contributed by atoms with Gasteiger partial charge in [0.2, 0.25) is 6.10 Å². The number of primary amides is 1. The summed E-state index contributed by atoms with van der Waals surface area (Å²) in [6.07, 6.45) is 2.14. The first-order valence-electron chi connectivity index (χ1n) is 7.84. The number of carbonyl (C=O) groups excluding carboxylic acids is 2. The largest absolute Gasteiger partial charge is 0.443 e. The lowest BCUT2D eigenvalue weighted by molar-refractivity contribution is -0.127. The Bertz CT molecular complexity index is 910. The van der Waals surface area contributed by atoms with Gasteiger partial charge < -0.3 is 10.5 Å². The molecule has 1 heterocycles. The second kappa shape index (κ2) is 7.88. The molecule has 1 unspecified atom stereocenters. The highest BCUT2D eigenvalue weighted by Crippen LogP contribution is 2.24. The van der Waals surface area contributed by atoms with Gasteiger partial charge in [-0.25, -0.2) is 9.78 Å². The summed E-state index contributed by atoms with van der Waals surface area (Å²) in [5.74, 6) is -1.41. The number of carbonyl (C=O) groups is 2. The van der Waals surface area contributed by atoms with E-state index in [1.54, 1.807) is 34.9 Å². The maximum atomic E-state index is 12.8. The Kier molecular flexibility index (Phi) is 5.38. The van der Waals surface area contributed by atoms with Crippen LogP contribution in [0.15, 0.2) is 72.0 Å². The molecule has 0 bridgehead atoms. The molecule has 7 heteroatoms. The third kappa shape index (κ3) is 3.62. The smallest absolute Gasteiger partial charge is 0.358 e. The lowest BCUT2D eigenvalue weighted by Gasteiger charge is -2.16. The fourth-order valence-electron chi connectivity index (χ4n) is 2.54. The minimum Gasteiger partial charge on any atom is -0.443 e. The van der Waals surface area contributed by atoms with Crippen LogP contribution in [-0.4, -0.2) is 27.7 Å². The quantitative estimate of drug-likeness (QED) is 0.535. The molecular weight excluding hydrogens is 350 g/mol. The first-order chi connectivity index (χ1) is 12.6. The van der Waals surface area contributed by atoms with E-state index in [9.17, 15) is 9.59 Å². The van der Waals surface area contributed by atoms with Crippen LogP contribution in [0.1, 0.15) is 22.2 Å². The molecule has 0 radical (unpaired) electrons. The van der Waals surface area contributed by atoms with Crippen molar-refractivity contribution in [2.24, 2.45) is 5.73 Å². The average molecular weight is 367 g/mol. The van der Waals surface area contributed by atoms with Crippen LogP contribution in [0.25, 0.3) is 5.69 Å². The number of benzene rings is 2. The number of hydrogen-bond acceptors (Lipinski definition) is 5. The van der Waals surface area contributed by atoms with E-state index in [-0.39, 0.29) is 5.69 Å². The highest BCUT2D eigenvalue weighted by atomic mass is 32.2. The zero-order valence-corrected chi connectivity index (χ0v) is 14.8. The van der Waals surface area contributed by atoms with Gasteiger partial charge in [0.25, 0.3) is 5.91 Å². The third-order valence-electron chi connectivity index (χ3n) is 3.72. The van der Waals surface area contributed by atoms with E-state index in [1.165, 1.54) is 18.0 Å². The molecule has 132 valence electrons. The Morgan fingerprint density at radius 3 is 2.27 bits per heavy atom. The van der Waals surface area contributed by atoms with Gasteiger partial charge in [0, 0.05) is 11.3 Å². The second-order valence-corrected chi connectivity index (χ2v) is 6.17. The van der Waals surface area contributed by atoms with Crippen LogP contribution in [0, 0.1) is 0 Å². The van der Waals surface area contributed by atoms with E-state index in [0.29, 0.717) is 10.7 Å². The van der Waals surface area contributed by atoms with E-state index in [4.69, 9.17) is 10.5 Å². The van der Waals surface area contributed by atoms with Gasteiger partial charge in [-0.3, -0.25) is 9.36 Å². The number of hydrogen-bond donors (Lipinski definition) is 1. The zero-order chi connectivity index (χ0) is 18.5. The van der Waals surface area contributed by atoms with Crippen molar-refractivity contribution in [3.05, 3.63) is 78.1 Å². The number of nitrogens with zero attached hydrogens (tertiary/aromatic N) is 2. The highest BCUT2D eigenvalue weighted by Gasteiger charge is 2.26. The maximum absolute atomic E-state index is 12.8. The average Bonchev–Trinajstić information content (AvgIpc) is 3.11. The second-order valence-electron chi connectivity index (χ2n) is 5.40. The molecule has 3 aromatic rings. The molecule has 1 amide bonds. The lowest BCUT2D eigenvalue weighted by atomic mass is 10.1. The van der Waals surface area contributed by atoms with Crippen molar-refractivity contribution in [1.82, 2.24) is 9.55 Å². The minimum atomic E-state index is -1.17. The molecule has 0 saturated heterocycles. The molecule has 6 nitrogen and oxygen atoms in total. The predicted octanol–water partition coefficient (Wildman–Crippen LogP) is 2.98. The van der Waals surface area contributed by atoms with Crippen molar-refractivity contribution in [1.29, 1.82) is 0 Å². The standard InChI is InChI=1S/C19H17N3O3S/c1-26-19-21-12-15(22(19)14-10-6-3-7-11-14)18(24)25-16(17(20)23)13-8-4-2-5-9-13/h2-12,16H,1H3,(H2,20,23). The summed E-state index contributed by atoms with van der Waals surface area (Å²) >= 11 is 1.40. The normalized spacial score (nSPS) is 11.7. The van der Waals surface area contributed by atoms with Gasteiger partial charge >= 0.3 is 5.97 Å². The molecule has 3 rings (SSSR count). The van der Waals surface area contributed by atoms with Gasteiger partial charge in [-0.1, -0.05) is 60.3 Å². The van der Waals surface area contributed by atoms with Gasteiger partial charge in [0.05, 0.1) is 6.20 Å². The topological polar surface area (TPSA) is 87.2 Å². The molecule has 26 heavy (non-hydrogen) atoms. The van der Waals surface area contributed by atoms with Crippen LogP contribution >= 0.6 is 11.8 Å². The molecule has 1 aromatic heterocycles.